The summed E-state index contributed by atoms with van der Waals surface area (Å²) in [6.07, 6.45) is 0. The molecule has 1 heterocycles. The molecule has 1 aliphatic rings. The number of benzene rings is 2. The number of rotatable bonds is 5. The summed E-state index contributed by atoms with van der Waals surface area (Å²) in [6, 6.07) is 7.62. The second-order valence-corrected chi connectivity index (χ2v) is 8.11. The van der Waals surface area contributed by atoms with Crippen molar-refractivity contribution in [3.8, 4) is 5.75 Å². The molecule has 3 rings (SSSR count). The first-order chi connectivity index (χ1) is 12.8. The lowest BCUT2D eigenvalue weighted by molar-refractivity contribution is 0.122. The van der Waals surface area contributed by atoms with E-state index in [1.807, 2.05) is 4.90 Å². The van der Waals surface area contributed by atoms with Gasteiger partial charge in [-0.2, -0.15) is 0 Å². The summed E-state index contributed by atoms with van der Waals surface area (Å²) >= 11 is 0. The molecule has 8 heteroatoms. The van der Waals surface area contributed by atoms with Crippen LogP contribution in [0.3, 0.4) is 0 Å². The molecule has 1 aliphatic heterocycles. The van der Waals surface area contributed by atoms with E-state index in [1.54, 1.807) is 26.0 Å². The Bertz CT molecular complexity index is 941. The highest BCUT2D eigenvalue weighted by Gasteiger charge is 2.21. The lowest BCUT2D eigenvalue weighted by Gasteiger charge is -2.29. The number of anilines is 2. The van der Waals surface area contributed by atoms with Crippen LogP contribution in [-0.2, 0) is 14.8 Å². The zero-order valence-corrected chi connectivity index (χ0v) is 16.4. The maximum absolute atomic E-state index is 14.3. The molecule has 0 atom stereocenters. The number of morpholine rings is 1. The van der Waals surface area contributed by atoms with Gasteiger partial charge < -0.3 is 14.4 Å². The third kappa shape index (κ3) is 4.17. The lowest BCUT2D eigenvalue weighted by atomic mass is 10.1. The first-order valence-electron chi connectivity index (χ1n) is 8.62. The number of hydrogen-bond acceptors (Lipinski definition) is 5. The van der Waals surface area contributed by atoms with Crippen LogP contribution in [0.2, 0.25) is 0 Å². The number of hydrogen-bond donors (Lipinski definition) is 1. The Balaban J connectivity index is 1.93. The smallest absolute Gasteiger partial charge is 0.262 e. The molecule has 0 spiro atoms. The minimum Gasteiger partial charge on any atom is -0.496 e. The molecule has 0 amide bonds. The van der Waals surface area contributed by atoms with E-state index in [1.165, 1.54) is 25.3 Å². The molecule has 1 saturated heterocycles. The molecule has 0 aromatic heterocycles. The van der Waals surface area contributed by atoms with Crippen LogP contribution in [0.4, 0.5) is 15.8 Å². The van der Waals surface area contributed by atoms with E-state index in [4.69, 9.17) is 9.47 Å². The van der Waals surface area contributed by atoms with E-state index >= 15 is 0 Å². The van der Waals surface area contributed by atoms with E-state index in [2.05, 4.69) is 4.72 Å². The molecule has 27 heavy (non-hydrogen) atoms. The fourth-order valence-corrected chi connectivity index (χ4v) is 4.45. The van der Waals surface area contributed by atoms with Gasteiger partial charge >= 0.3 is 0 Å². The Hall–Kier alpha value is -2.32. The SMILES string of the molecule is COc1cc(C)c(S(=O)(=O)Nc2cc(N3CCOCC3)ccc2F)cc1C. The third-order valence-electron chi connectivity index (χ3n) is 4.55. The maximum Gasteiger partial charge on any atom is 0.262 e. The Kier molecular flexibility index (Phi) is 5.57. The summed E-state index contributed by atoms with van der Waals surface area (Å²) in [5.41, 5.74) is 1.88. The van der Waals surface area contributed by atoms with Crippen LogP contribution in [0.15, 0.2) is 35.2 Å². The number of aryl methyl sites for hydroxylation is 2. The second-order valence-electron chi connectivity index (χ2n) is 6.46. The van der Waals surface area contributed by atoms with Crippen molar-refractivity contribution in [2.24, 2.45) is 0 Å². The Morgan fingerprint density at radius 3 is 2.48 bits per heavy atom. The molecular weight excluding hydrogens is 371 g/mol. The van der Waals surface area contributed by atoms with E-state index in [0.717, 1.165) is 5.69 Å². The van der Waals surface area contributed by atoms with Gasteiger partial charge in [0.15, 0.2) is 0 Å². The highest BCUT2D eigenvalue weighted by molar-refractivity contribution is 7.92. The number of sulfonamides is 1. The average Bonchev–Trinajstić information content (AvgIpc) is 2.65. The molecule has 2 aromatic rings. The molecule has 6 nitrogen and oxygen atoms in total. The zero-order chi connectivity index (χ0) is 19.6. The van der Waals surface area contributed by atoms with Gasteiger partial charge in [-0.15, -0.1) is 0 Å². The Labute approximate surface area is 159 Å². The Morgan fingerprint density at radius 1 is 1.11 bits per heavy atom. The fourth-order valence-electron chi connectivity index (χ4n) is 3.08. The second kappa shape index (κ2) is 7.74. The quantitative estimate of drug-likeness (QED) is 0.844. The fraction of sp³-hybridized carbons (Fsp3) is 0.368. The summed E-state index contributed by atoms with van der Waals surface area (Å²) in [6.45, 7) is 5.96. The average molecular weight is 394 g/mol. The molecule has 0 saturated carbocycles. The van der Waals surface area contributed by atoms with Crippen molar-refractivity contribution < 1.29 is 22.3 Å². The number of nitrogens with one attached hydrogen (secondary N) is 1. The molecule has 146 valence electrons. The summed E-state index contributed by atoms with van der Waals surface area (Å²) in [4.78, 5) is 2.13. The van der Waals surface area contributed by atoms with Crippen LogP contribution in [-0.4, -0.2) is 41.8 Å². The number of methoxy groups -OCH3 is 1. The van der Waals surface area contributed by atoms with E-state index in [-0.39, 0.29) is 10.6 Å². The zero-order valence-electron chi connectivity index (χ0n) is 15.6. The van der Waals surface area contributed by atoms with Gasteiger partial charge in [-0.05, 0) is 55.3 Å². The van der Waals surface area contributed by atoms with Gasteiger partial charge in [0.2, 0.25) is 0 Å². The van der Waals surface area contributed by atoms with Crippen LogP contribution < -0.4 is 14.4 Å². The highest BCUT2D eigenvalue weighted by Crippen LogP contribution is 2.29. The molecule has 0 aliphatic carbocycles. The minimum absolute atomic E-state index is 0.0770. The van der Waals surface area contributed by atoms with Crippen molar-refractivity contribution in [2.45, 2.75) is 18.7 Å². The molecule has 0 radical (unpaired) electrons. The molecule has 0 unspecified atom stereocenters. The normalized spacial score (nSPS) is 14.9. The van der Waals surface area contributed by atoms with Crippen LogP contribution in [0.5, 0.6) is 5.75 Å². The van der Waals surface area contributed by atoms with Crippen molar-refractivity contribution in [1.29, 1.82) is 0 Å². The van der Waals surface area contributed by atoms with Crippen molar-refractivity contribution >= 4 is 21.4 Å². The van der Waals surface area contributed by atoms with Gasteiger partial charge in [-0.25, -0.2) is 12.8 Å². The monoisotopic (exact) mass is 394 g/mol. The minimum atomic E-state index is -3.95. The first kappa shape index (κ1) is 19.4. The lowest BCUT2D eigenvalue weighted by Crippen LogP contribution is -2.36. The molecule has 0 bridgehead atoms. The predicted octanol–water partition coefficient (Wildman–Crippen LogP) is 3.09. The summed E-state index contributed by atoms with van der Waals surface area (Å²) in [7, 11) is -2.42. The van der Waals surface area contributed by atoms with Crippen LogP contribution in [0, 0.1) is 19.7 Å². The molecule has 2 aromatic carbocycles. The maximum atomic E-state index is 14.3. The third-order valence-corrected chi connectivity index (χ3v) is 6.06. The molecule has 1 fully saturated rings. The van der Waals surface area contributed by atoms with Gasteiger partial charge in [0.05, 0.1) is 30.9 Å². The summed E-state index contributed by atoms with van der Waals surface area (Å²) in [5, 5.41) is 0. The van der Waals surface area contributed by atoms with Gasteiger partial charge in [0.25, 0.3) is 10.0 Å². The predicted molar refractivity (Wildman–Crippen MR) is 103 cm³/mol. The van der Waals surface area contributed by atoms with Crippen molar-refractivity contribution in [1.82, 2.24) is 0 Å². The van der Waals surface area contributed by atoms with Crippen molar-refractivity contribution in [3.05, 3.63) is 47.3 Å². The Morgan fingerprint density at radius 2 is 1.81 bits per heavy atom. The molecule has 1 N–H and O–H groups in total. The topological polar surface area (TPSA) is 67.9 Å². The summed E-state index contributed by atoms with van der Waals surface area (Å²) < 4.78 is 52.9. The number of ether oxygens (including phenoxy) is 2. The van der Waals surface area contributed by atoms with E-state index < -0.39 is 15.8 Å². The first-order valence-corrected chi connectivity index (χ1v) is 10.1. The largest absolute Gasteiger partial charge is 0.496 e. The van der Waals surface area contributed by atoms with Gasteiger partial charge in [-0.3, -0.25) is 4.72 Å². The van der Waals surface area contributed by atoms with Gasteiger partial charge in [-0.1, -0.05) is 0 Å². The standard InChI is InChI=1S/C19H23FN2O4S/c1-13-11-19(14(2)10-18(13)25-3)27(23,24)21-17-12-15(4-5-16(17)20)22-6-8-26-9-7-22/h4-5,10-12,21H,6-9H2,1-3H3. The van der Waals surface area contributed by atoms with Crippen LogP contribution in [0.1, 0.15) is 11.1 Å². The number of nitrogens with zero attached hydrogens (tertiary/aromatic N) is 1. The van der Waals surface area contributed by atoms with Crippen molar-refractivity contribution in [2.75, 3.05) is 43.0 Å². The molecular formula is C19H23FN2O4S. The van der Waals surface area contributed by atoms with E-state index in [0.29, 0.717) is 43.2 Å². The summed E-state index contributed by atoms with van der Waals surface area (Å²) in [5.74, 6) is -0.0228. The van der Waals surface area contributed by atoms with Gasteiger partial charge in [0.1, 0.15) is 11.6 Å². The number of halogens is 1. The van der Waals surface area contributed by atoms with Crippen molar-refractivity contribution in [3.63, 3.8) is 0 Å². The van der Waals surface area contributed by atoms with Crippen LogP contribution in [0.25, 0.3) is 0 Å². The van der Waals surface area contributed by atoms with Crippen LogP contribution >= 0.6 is 0 Å². The van der Waals surface area contributed by atoms with E-state index in [9.17, 15) is 12.8 Å². The van der Waals surface area contributed by atoms with Gasteiger partial charge in [0, 0.05) is 18.8 Å². The highest BCUT2D eigenvalue weighted by atomic mass is 32.2.